The lowest BCUT2D eigenvalue weighted by Crippen LogP contribution is -2.41. The minimum atomic E-state index is 0.564. The van der Waals surface area contributed by atoms with Gasteiger partial charge < -0.3 is 15.0 Å². The molecular weight excluding hydrogens is 238 g/mol. The minimum Gasteiger partial charge on any atom is -0.495 e. The van der Waals surface area contributed by atoms with Crippen LogP contribution in [0.25, 0.3) is 0 Å². The summed E-state index contributed by atoms with van der Waals surface area (Å²) in [6, 6.07) is 4.60. The van der Waals surface area contributed by atoms with Crippen LogP contribution in [0.2, 0.25) is 0 Å². The fourth-order valence-electron chi connectivity index (χ4n) is 2.52. The molecule has 4 heteroatoms. The van der Waals surface area contributed by atoms with Gasteiger partial charge in [-0.3, -0.25) is 0 Å². The predicted octanol–water partition coefficient (Wildman–Crippen LogP) is 2.30. The summed E-state index contributed by atoms with van der Waals surface area (Å²) in [6.07, 6.45) is 4.36. The number of hydrogen-bond acceptors (Lipinski definition) is 4. The maximum absolute atomic E-state index is 5.15. The van der Waals surface area contributed by atoms with Crippen molar-refractivity contribution in [3.63, 3.8) is 0 Å². The molecule has 1 fully saturated rings. The smallest absolute Gasteiger partial charge is 0.137 e. The number of methoxy groups -OCH3 is 1. The van der Waals surface area contributed by atoms with Gasteiger partial charge in [-0.2, -0.15) is 0 Å². The van der Waals surface area contributed by atoms with Gasteiger partial charge in [0.05, 0.1) is 13.3 Å². The van der Waals surface area contributed by atoms with Crippen molar-refractivity contribution in [1.29, 1.82) is 0 Å². The number of aromatic nitrogens is 1. The second-order valence-electron chi connectivity index (χ2n) is 5.57. The Kier molecular flexibility index (Phi) is 5.02. The first kappa shape index (κ1) is 14.1. The van der Waals surface area contributed by atoms with Crippen molar-refractivity contribution < 1.29 is 4.74 Å². The Morgan fingerprint density at radius 2 is 2.32 bits per heavy atom. The van der Waals surface area contributed by atoms with Gasteiger partial charge in [-0.25, -0.2) is 4.98 Å². The fraction of sp³-hybridized carbons (Fsp3) is 0.667. The van der Waals surface area contributed by atoms with E-state index in [-0.39, 0.29) is 0 Å². The number of nitrogens with one attached hydrogen (secondary N) is 1. The number of piperidine rings is 1. The van der Waals surface area contributed by atoms with Crippen LogP contribution in [0.1, 0.15) is 26.7 Å². The third kappa shape index (κ3) is 4.10. The van der Waals surface area contributed by atoms with Crippen LogP contribution in [0.3, 0.4) is 0 Å². The van der Waals surface area contributed by atoms with E-state index >= 15 is 0 Å². The molecule has 19 heavy (non-hydrogen) atoms. The maximum Gasteiger partial charge on any atom is 0.137 e. The van der Waals surface area contributed by atoms with Gasteiger partial charge in [0.1, 0.15) is 11.6 Å². The normalized spacial score (nSPS) is 19.8. The van der Waals surface area contributed by atoms with Crippen molar-refractivity contribution in [2.24, 2.45) is 5.92 Å². The van der Waals surface area contributed by atoms with Crippen molar-refractivity contribution in [2.45, 2.75) is 32.7 Å². The number of rotatable bonds is 5. The SMILES string of the molecule is COc1ccc(N2CCCC(CNC(C)C)C2)nc1. The lowest BCUT2D eigenvalue weighted by molar-refractivity contribution is 0.377. The molecule has 1 aromatic rings. The van der Waals surface area contributed by atoms with Gasteiger partial charge in [0.25, 0.3) is 0 Å². The largest absolute Gasteiger partial charge is 0.495 e. The number of hydrogen-bond donors (Lipinski definition) is 1. The first-order valence-corrected chi connectivity index (χ1v) is 7.17. The van der Waals surface area contributed by atoms with Crippen molar-refractivity contribution in [3.05, 3.63) is 18.3 Å². The van der Waals surface area contributed by atoms with E-state index in [2.05, 4.69) is 35.1 Å². The van der Waals surface area contributed by atoms with Crippen LogP contribution in [-0.4, -0.2) is 37.8 Å². The number of pyridine rings is 1. The quantitative estimate of drug-likeness (QED) is 0.884. The summed E-state index contributed by atoms with van der Waals surface area (Å²) in [6.45, 7) is 7.71. The Morgan fingerprint density at radius 1 is 1.47 bits per heavy atom. The van der Waals surface area contributed by atoms with E-state index in [1.54, 1.807) is 13.3 Å². The van der Waals surface area contributed by atoms with Gasteiger partial charge in [0, 0.05) is 19.1 Å². The van der Waals surface area contributed by atoms with Crippen molar-refractivity contribution >= 4 is 5.82 Å². The summed E-state index contributed by atoms with van der Waals surface area (Å²) < 4.78 is 5.15. The van der Waals surface area contributed by atoms with Gasteiger partial charge in [-0.1, -0.05) is 13.8 Å². The van der Waals surface area contributed by atoms with E-state index in [9.17, 15) is 0 Å². The number of nitrogens with zero attached hydrogens (tertiary/aromatic N) is 2. The molecule has 0 amide bonds. The van der Waals surface area contributed by atoms with Crippen LogP contribution >= 0.6 is 0 Å². The molecule has 1 aromatic heterocycles. The highest BCUT2D eigenvalue weighted by atomic mass is 16.5. The lowest BCUT2D eigenvalue weighted by atomic mass is 9.97. The summed E-state index contributed by atoms with van der Waals surface area (Å²) in [5.74, 6) is 2.61. The Hall–Kier alpha value is -1.29. The second-order valence-corrected chi connectivity index (χ2v) is 5.57. The topological polar surface area (TPSA) is 37.4 Å². The molecule has 0 aromatic carbocycles. The standard InChI is InChI=1S/C15H25N3O/c1-12(2)16-9-13-5-4-8-18(11-13)15-7-6-14(19-3)10-17-15/h6-7,10,12-13,16H,4-5,8-9,11H2,1-3H3. The first-order valence-electron chi connectivity index (χ1n) is 7.17. The van der Waals surface area contributed by atoms with Gasteiger partial charge in [-0.15, -0.1) is 0 Å². The molecule has 1 saturated heterocycles. The second kappa shape index (κ2) is 6.75. The summed E-state index contributed by atoms with van der Waals surface area (Å²) in [5.41, 5.74) is 0. The lowest BCUT2D eigenvalue weighted by Gasteiger charge is -2.34. The highest BCUT2D eigenvalue weighted by Crippen LogP contribution is 2.22. The number of anilines is 1. The van der Waals surface area contributed by atoms with Crippen LogP contribution < -0.4 is 15.0 Å². The van der Waals surface area contributed by atoms with E-state index in [0.717, 1.165) is 37.1 Å². The van der Waals surface area contributed by atoms with Gasteiger partial charge in [0.2, 0.25) is 0 Å². The zero-order valence-corrected chi connectivity index (χ0v) is 12.2. The number of ether oxygens (including phenoxy) is 1. The molecule has 1 N–H and O–H groups in total. The average Bonchev–Trinajstić information content (AvgIpc) is 2.45. The van der Waals surface area contributed by atoms with Crippen LogP contribution in [0, 0.1) is 5.92 Å². The summed E-state index contributed by atoms with van der Waals surface area (Å²) in [5, 5.41) is 3.54. The van der Waals surface area contributed by atoms with Crippen LogP contribution in [0.4, 0.5) is 5.82 Å². The van der Waals surface area contributed by atoms with Crippen molar-refractivity contribution in [2.75, 3.05) is 31.6 Å². The first-order chi connectivity index (χ1) is 9.19. The summed E-state index contributed by atoms with van der Waals surface area (Å²) in [4.78, 5) is 6.87. The van der Waals surface area contributed by atoms with Gasteiger partial charge in [-0.05, 0) is 37.4 Å². The van der Waals surface area contributed by atoms with E-state index in [0.29, 0.717) is 6.04 Å². The van der Waals surface area contributed by atoms with Crippen LogP contribution in [0.5, 0.6) is 5.75 Å². The molecule has 0 radical (unpaired) electrons. The maximum atomic E-state index is 5.15. The molecule has 1 unspecified atom stereocenters. The Labute approximate surface area is 116 Å². The Morgan fingerprint density at radius 3 is 2.95 bits per heavy atom. The molecule has 0 saturated carbocycles. The van der Waals surface area contributed by atoms with Crippen LogP contribution in [-0.2, 0) is 0 Å². The zero-order chi connectivity index (χ0) is 13.7. The summed E-state index contributed by atoms with van der Waals surface area (Å²) in [7, 11) is 1.67. The highest BCUT2D eigenvalue weighted by molar-refractivity contribution is 5.41. The molecule has 0 spiro atoms. The Bertz CT molecular complexity index is 377. The zero-order valence-electron chi connectivity index (χ0n) is 12.2. The predicted molar refractivity (Wildman–Crippen MR) is 78.9 cm³/mol. The molecule has 106 valence electrons. The van der Waals surface area contributed by atoms with E-state index in [1.807, 2.05) is 6.07 Å². The van der Waals surface area contributed by atoms with E-state index < -0.39 is 0 Å². The minimum absolute atomic E-state index is 0.564. The molecule has 2 rings (SSSR count). The fourth-order valence-corrected chi connectivity index (χ4v) is 2.52. The average molecular weight is 263 g/mol. The highest BCUT2D eigenvalue weighted by Gasteiger charge is 2.20. The van der Waals surface area contributed by atoms with Gasteiger partial charge in [0.15, 0.2) is 0 Å². The van der Waals surface area contributed by atoms with E-state index in [1.165, 1.54) is 12.8 Å². The van der Waals surface area contributed by atoms with E-state index in [4.69, 9.17) is 4.74 Å². The molecule has 1 atom stereocenters. The molecule has 2 heterocycles. The summed E-state index contributed by atoms with van der Waals surface area (Å²) >= 11 is 0. The molecule has 4 nitrogen and oxygen atoms in total. The monoisotopic (exact) mass is 263 g/mol. The molecular formula is C15H25N3O. The van der Waals surface area contributed by atoms with Gasteiger partial charge >= 0.3 is 0 Å². The molecule has 0 aliphatic carbocycles. The van der Waals surface area contributed by atoms with Crippen molar-refractivity contribution in [1.82, 2.24) is 10.3 Å². The van der Waals surface area contributed by atoms with Crippen LogP contribution in [0.15, 0.2) is 18.3 Å². The molecule has 0 bridgehead atoms. The third-order valence-corrected chi connectivity index (χ3v) is 3.61. The Balaban J connectivity index is 1.92. The third-order valence-electron chi connectivity index (χ3n) is 3.61. The molecule has 1 aliphatic heterocycles. The van der Waals surface area contributed by atoms with Crippen molar-refractivity contribution in [3.8, 4) is 5.75 Å². The molecule has 1 aliphatic rings.